The van der Waals surface area contributed by atoms with Crippen molar-refractivity contribution in [1.82, 2.24) is 20.2 Å². The van der Waals surface area contributed by atoms with Crippen molar-refractivity contribution >= 4 is 0 Å². The quantitative estimate of drug-likeness (QED) is 0.765. The Kier molecular flexibility index (Phi) is 5.51. The van der Waals surface area contributed by atoms with E-state index < -0.39 is 0 Å². The van der Waals surface area contributed by atoms with Crippen molar-refractivity contribution < 1.29 is 5.11 Å². The molecule has 1 atom stereocenters. The van der Waals surface area contributed by atoms with Gasteiger partial charge >= 0.3 is 0 Å². The minimum atomic E-state index is 0.274. The highest BCUT2D eigenvalue weighted by molar-refractivity contribution is 4.91. The smallest absolute Gasteiger partial charge is 0.128 e. The molecule has 1 aliphatic heterocycles. The average molecular weight is 250 g/mol. The summed E-state index contributed by atoms with van der Waals surface area (Å²) in [7, 11) is 0. The molecular weight excluding hydrogens is 228 g/mol. The fraction of sp³-hybridized carbons (Fsp3) is 0.692. The number of aliphatic hydroxyl groups excluding tert-OH is 1. The van der Waals surface area contributed by atoms with Crippen LogP contribution >= 0.6 is 0 Å². The Morgan fingerprint density at radius 1 is 1.39 bits per heavy atom. The van der Waals surface area contributed by atoms with Gasteiger partial charge in [0.25, 0.3) is 0 Å². The molecule has 5 nitrogen and oxygen atoms in total. The Morgan fingerprint density at radius 2 is 2.22 bits per heavy atom. The van der Waals surface area contributed by atoms with Crippen molar-refractivity contribution in [2.24, 2.45) is 5.92 Å². The lowest BCUT2D eigenvalue weighted by molar-refractivity contribution is 0.215. The molecule has 2 N–H and O–H groups in total. The van der Waals surface area contributed by atoms with Crippen molar-refractivity contribution in [2.45, 2.75) is 12.8 Å². The summed E-state index contributed by atoms with van der Waals surface area (Å²) < 4.78 is 0. The van der Waals surface area contributed by atoms with Gasteiger partial charge in [-0.2, -0.15) is 0 Å². The van der Waals surface area contributed by atoms with Gasteiger partial charge in [0.1, 0.15) is 5.82 Å². The standard InChI is InChI=1S/C13H22N4O/c18-8-2-6-17-7-5-14-10-12(11-17)9-13-15-3-1-4-16-13/h1,3-4,12,14,18H,2,5-11H2. The Balaban J connectivity index is 1.86. The lowest BCUT2D eigenvalue weighted by Crippen LogP contribution is -2.32. The fourth-order valence-corrected chi connectivity index (χ4v) is 2.39. The summed E-state index contributed by atoms with van der Waals surface area (Å²) in [6.45, 7) is 5.42. The van der Waals surface area contributed by atoms with Crippen molar-refractivity contribution in [1.29, 1.82) is 0 Å². The summed E-state index contributed by atoms with van der Waals surface area (Å²) in [4.78, 5) is 11.0. The monoisotopic (exact) mass is 250 g/mol. The largest absolute Gasteiger partial charge is 0.396 e. The molecule has 1 aromatic rings. The summed E-state index contributed by atoms with van der Waals surface area (Å²) in [6, 6.07) is 1.85. The molecule has 1 saturated heterocycles. The molecule has 2 rings (SSSR count). The lowest BCUT2D eigenvalue weighted by atomic mass is 10.0. The van der Waals surface area contributed by atoms with Gasteiger partial charge in [-0.3, -0.25) is 0 Å². The van der Waals surface area contributed by atoms with Crippen LogP contribution in [0.1, 0.15) is 12.2 Å². The van der Waals surface area contributed by atoms with Gasteiger partial charge in [-0.25, -0.2) is 9.97 Å². The highest BCUT2D eigenvalue weighted by Crippen LogP contribution is 2.09. The molecule has 100 valence electrons. The third-order valence-electron chi connectivity index (χ3n) is 3.28. The zero-order chi connectivity index (χ0) is 12.6. The highest BCUT2D eigenvalue weighted by atomic mass is 16.3. The van der Waals surface area contributed by atoms with Crippen LogP contribution < -0.4 is 5.32 Å². The minimum Gasteiger partial charge on any atom is -0.396 e. The van der Waals surface area contributed by atoms with Gasteiger partial charge in [0.2, 0.25) is 0 Å². The molecule has 0 saturated carbocycles. The molecule has 2 heterocycles. The van der Waals surface area contributed by atoms with E-state index in [1.807, 2.05) is 6.07 Å². The second-order valence-corrected chi connectivity index (χ2v) is 4.82. The summed E-state index contributed by atoms with van der Waals surface area (Å²) in [5, 5.41) is 12.4. The van der Waals surface area contributed by atoms with Crippen molar-refractivity contribution in [3.8, 4) is 0 Å². The maximum Gasteiger partial charge on any atom is 0.128 e. The summed E-state index contributed by atoms with van der Waals surface area (Å²) in [5.74, 6) is 1.47. The van der Waals surface area contributed by atoms with Crippen LogP contribution in [0.5, 0.6) is 0 Å². The predicted octanol–water partition coefficient (Wildman–Crippen LogP) is -0.0771. The van der Waals surface area contributed by atoms with Crippen LogP contribution in [0.15, 0.2) is 18.5 Å². The molecule has 0 spiro atoms. The summed E-state index contributed by atoms with van der Waals surface area (Å²) >= 11 is 0. The van der Waals surface area contributed by atoms with E-state index in [0.29, 0.717) is 5.92 Å². The van der Waals surface area contributed by atoms with Gasteiger partial charge in [0.15, 0.2) is 0 Å². The first-order valence-corrected chi connectivity index (χ1v) is 6.68. The Labute approximate surface area is 108 Å². The molecule has 0 radical (unpaired) electrons. The molecule has 1 unspecified atom stereocenters. The predicted molar refractivity (Wildman–Crippen MR) is 70.2 cm³/mol. The third-order valence-corrected chi connectivity index (χ3v) is 3.28. The third kappa shape index (κ3) is 4.33. The van der Waals surface area contributed by atoms with E-state index in [2.05, 4.69) is 20.2 Å². The normalized spacial score (nSPS) is 21.7. The number of nitrogens with zero attached hydrogens (tertiary/aromatic N) is 3. The molecule has 0 aromatic carbocycles. The van der Waals surface area contributed by atoms with E-state index in [-0.39, 0.29) is 6.61 Å². The molecule has 0 amide bonds. The number of nitrogens with one attached hydrogen (secondary N) is 1. The molecule has 0 bridgehead atoms. The van der Waals surface area contributed by atoms with E-state index in [9.17, 15) is 0 Å². The average Bonchev–Trinajstić information content (AvgIpc) is 2.63. The van der Waals surface area contributed by atoms with Gasteiger partial charge < -0.3 is 15.3 Å². The zero-order valence-corrected chi connectivity index (χ0v) is 10.8. The van der Waals surface area contributed by atoms with Gasteiger partial charge in [-0.05, 0) is 24.9 Å². The Morgan fingerprint density at radius 3 is 3.00 bits per heavy atom. The molecule has 1 aromatic heterocycles. The first-order chi connectivity index (χ1) is 8.88. The SMILES string of the molecule is OCCCN1CCNCC(Cc2ncccn2)C1. The Hall–Kier alpha value is -1.04. The topological polar surface area (TPSA) is 61.3 Å². The van der Waals surface area contributed by atoms with E-state index in [4.69, 9.17) is 5.11 Å². The van der Waals surface area contributed by atoms with Crippen LogP contribution in [0.25, 0.3) is 0 Å². The molecule has 5 heteroatoms. The lowest BCUT2D eigenvalue weighted by Gasteiger charge is -2.23. The maximum atomic E-state index is 8.91. The van der Waals surface area contributed by atoms with Crippen LogP contribution in [0.3, 0.4) is 0 Å². The van der Waals surface area contributed by atoms with Crippen LogP contribution in [0.2, 0.25) is 0 Å². The second-order valence-electron chi connectivity index (χ2n) is 4.82. The van der Waals surface area contributed by atoms with Crippen LogP contribution in [0.4, 0.5) is 0 Å². The number of hydrogen-bond donors (Lipinski definition) is 2. The van der Waals surface area contributed by atoms with Gasteiger partial charge in [0.05, 0.1) is 0 Å². The number of hydrogen-bond acceptors (Lipinski definition) is 5. The van der Waals surface area contributed by atoms with Crippen molar-refractivity contribution in [3.05, 3.63) is 24.3 Å². The number of aromatic nitrogens is 2. The first kappa shape index (κ1) is 13.4. The minimum absolute atomic E-state index is 0.274. The van der Waals surface area contributed by atoms with E-state index >= 15 is 0 Å². The van der Waals surface area contributed by atoms with Crippen LogP contribution in [-0.2, 0) is 6.42 Å². The second kappa shape index (κ2) is 7.41. The molecular formula is C13H22N4O. The van der Waals surface area contributed by atoms with Gasteiger partial charge in [-0.1, -0.05) is 0 Å². The van der Waals surface area contributed by atoms with Crippen LogP contribution in [0, 0.1) is 5.92 Å². The van der Waals surface area contributed by atoms with E-state index in [1.165, 1.54) is 0 Å². The fourth-order valence-electron chi connectivity index (χ4n) is 2.39. The van der Waals surface area contributed by atoms with Crippen molar-refractivity contribution in [2.75, 3.05) is 39.3 Å². The Bertz CT molecular complexity index is 333. The van der Waals surface area contributed by atoms with E-state index in [1.54, 1.807) is 12.4 Å². The zero-order valence-electron chi connectivity index (χ0n) is 10.8. The van der Waals surface area contributed by atoms with E-state index in [0.717, 1.165) is 51.4 Å². The maximum absolute atomic E-state index is 8.91. The van der Waals surface area contributed by atoms with Crippen LogP contribution in [-0.4, -0.2) is 59.3 Å². The highest BCUT2D eigenvalue weighted by Gasteiger charge is 2.18. The van der Waals surface area contributed by atoms with Gasteiger partial charge in [0, 0.05) is 51.6 Å². The number of rotatable bonds is 5. The molecule has 0 aliphatic carbocycles. The molecule has 18 heavy (non-hydrogen) atoms. The summed E-state index contributed by atoms with van der Waals surface area (Å²) in [5.41, 5.74) is 0. The summed E-state index contributed by atoms with van der Waals surface area (Å²) in [6.07, 6.45) is 5.38. The first-order valence-electron chi connectivity index (χ1n) is 6.68. The van der Waals surface area contributed by atoms with Gasteiger partial charge in [-0.15, -0.1) is 0 Å². The number of aliphatic hydroxyl groups is 1. The van der Waals surface area contributed by atoms with Crippen molar-refractivity contribution in [3.63, 3.8) is 0 Å². The molecule has 1 fully saturated rings. The molecule has 1 aliphatic rings.